The van der Waals surface area contributed by atoms with Crippen LogP contribution in [0.1, 0.15) is 28.7 Å². The van der Waals surface area contributed by atoms with Crippen LogP contribution in [0.2, 0.25) is 0 Å². The summed E-state index contributed by atoms with van der Waals surface area (Å²) >= 11 is 3.41. The number of nitrogens with zero attached hydrogens (tertiary/aromatic N) is 1. The number of nitrogens with one attached hydrogen (secondary N) is 3. The third-order valence-electron chi connectivity index (χ3n) is 3.51. The Morgan fingerprint density at radius 2 is 2.36 bits per heavy atom. The molecule has 1 aromatic heterocycles. The van der Waals surface area contributed by atoms with Gasteiger partial charge in [-0.1, -0.05) is 15.9 Å². The van der Waals surface area contributed by atoms with E-state index in [-0.39, 0.29) is 5.91 Å². The van der Waals surface area contributed by atoms with Gasteiger partial charge in [0.2, 0.25) is 0 Å². The van der Waals surface area contributed by atoms with Crippen LogP contribution in [0, 0.1) is 0 Å². The zero-order valence-corrected chi connectivity index (χ0v) is 13.8. The van der Waals surface area contributed by atoms with Gasteiger partial charge in [0, 0.05) is 35.2 Å². The lowest BCUT2D eigenvalue weighted by atomic mass is 10.1. The van der Waals surface area contributed by atoms with Crippen LogP contribution in [0.15, 0.2) is 22.7 Å². The summed E-state index contributed by atoms with van der Waals surface area (Å²) in [7, 11) is 0. The number of H-pyrrole nitrogens is 1. The number of carbonyl (C=O) groups is 1. The second-order valence-corrected chi connectivity index (χ2v) is 5.90. The number of hydrogen-bond donors (Lipinski definition) is 3. The van der Waals surface area contributed by atoms with Gasteiger partial charge < -0.3 is 15.4 Å². The summed E-state index contributed by atoms with van der Waals surface area (Å²) in [6.07, 6.45) is 0.858. The van der Waals surface area contributed by atoms with E-state index in [1.54, 1.807) is 0 Å². The first kappa shape index (κ1) is 15.1. The number of rotatable bonds is 4. The zero-order chi connectivity index (χ0) is 15.5. The molecule has 1 aliphatic heterocycles. The van der Waals surface area contributed by atoms with E-state index in [1.807, 2.05) is 25.1 Å². The Hall–Kier alpha value is -1.86. The quantitative estimate of drug-likeness (QED) is 0.778. The van der Waals surface area contributed by atoms with Crippen molar-refractivity contribution >= 4 is 27.5 Å². The molecule has 2 heterocycles. The van der Waals surface area contributed by atoms with Gasteiger partial charge in [-0.25, -0.2) is 0 Å². The van der Waals surface area contributed by atoms with Crippen LogP contribution in [-0.4, -0.2) is 29.3 Å². The number of anilines is 1. The molecule has 1 amide bonds. The fourth-order valence-electron chi connectivity index (χ4n) is 2.48. The standard InChI is InChI=1S/C15H17BrN4O2/c1-2-22-13-4-3-9(16)7-12(13)18-15(21)14-10-8-17-6-5-11(10)19-20-14/h3-4,7,17H,2,5-6,8H2,1H3,(H,18,21)(H,19,20). The molecule has 0 aliphatic carbocycles. The first-order valence-corrected chi connectivity index (χ1v) is 7.99. The highest BCUT2D eigenvalue weighted by molar-refractivity contribution is 9.10. The summed E-state index contributed by atoms with van der Waals surface area (Å²) in [5.41, 5.74) is 3.03. The summed E-state index contributed by atoms with van der Waals surface area (Å²) in [4.78, 5) is 12.5. The van der Waals surface area contributed by atoms with Crippen LogP contribution >= 0.6 is 15.9 Å². The Balaban J connectivity index is 1.85. The van der Waals surface area contributed by atoms with Crippen molar-refractivity contribution in [2.75, 3.05) is 18.5 Å². The molecule has 6 nitrogen and oxygen atoms in total. The van der Waals surface area contributed by atoms with Crippen LogP contribution in [0.25, 0.3) is 0 Å². The minimum atomic E-state index is -0.236. The van der Waals surface area contributed by atoms with Crippen molar-refractivity contribution in [1.29, 1.82) is 0 Å². The fourth-order valence-corrected chi connectivity index (χ4v) is 2.84. The molecule has 0 unspecified atom stereocenters. The first-order valence-electron chi connectivity index (χ1n) is 7.19. The van der Waals surface area contributed by atoms with Gasteiger partial charge in [0.25, 0.3) is 5.91 Å². The number of benzene rings is 1. The minimum absolute atomic E-state index is 0.236. The number of hydrogen-bond acceptors (Lipinski definition) is 4. The topological polar surface area (TPSA) is 79.0 Å². The lowest BCUT2D eigenvalue weighted by Crippen LogP contribution is -2.25. The van der Waals surface area contributed by atoms with Crippen LogP contribution in [0.4, 0.5) is 5.69 Å². The van der Waals surface area contributed by atoms with E-state index in [4.69, 9.17) is 4.74 Å². The molecular weight excluding hydrogens is 348 g/mol. The van der Waals surface area contributed by atoms with Gasteiger partial charge in [-0.15, -0.1) is 0 Å². The van der Waals surface area contributed by atoms with Crippen molar-refractivity contribution in [1.82, 2.24) is 15.5 Å². The monoisotopic (exact) mass is 364 g/mol. The second kappa shape index (κ2) is 6.50. The summed E-state index contributed by atoms with van der Waals surface area (Å²) in [6, 6.07) is 5.52. The molecule has 0 spiro atoms. The Labute approximate surface area is 136 Å². The molecule has 1 aromatic carbocycles. The lowest BCUT2D eigenvalue weighted by molar-refractivity contribution is 0.102. The molecule has 7 heteroatoms. The molecule has 22 heavy (non-hydrogen) atoms. The lowest BCUT2D eigenvalue weighted by Gasteiger charge is -2.14. The fraction of sp³-hybridized carbons (Fsp3) is 0.333. The smallest absolute Gasteiger partial charge is 0.276 e. The van der Waals surface area contributed by atoms with Gasteiger partial charge in [-0.2, -0.15) is 5.10 Å². The number of fused-ring (bicyclic) bond motifs is 1. The molecule has 0 saturated heterocycles. The van der Waals surface area contributed by atoms with Crippen molar-refractivity contribution in [3.63, 3.8) is 0 Å². The molecule has 2 aromatic rings. The Morgan fingerprint density at radius 3 is 3.18 bits per heavy atom. The minimum Gasteiger partial charge on any atom is -0.492 e. The van der Waals surface area contributed by atoms with E-state index in [1.165, 1.54) is 0 Å². The summed E-state index contributed by atoms with van der Waals surface area (Å²) < 4.78 is 6.42. The molecule has 1 aliphatic rings. The summed E-state index contributed by atoms with van der Waals surface area (Å²) in [5, 5.41) is 13.3. The highest BCUT2D eigenvalue weighted by Crippen LogP contribution is 2.29. The average molecular weight is 365 g/mol. The maximum absolute atomic E-state index is 12.5. The van der Waals surface area contributed by atoms with E-state index in [2.05, 4.69) is 36.8 Å². The summed E-state index contributed by atoms with van der Waals surface area (Å²) in [6.45, 7) is 4.00. The Kier molecular flexibility index (Phi) is 4.44. The number of ether oxygens (including phenoxy) is 1. The van der Waals surface area contributed by atoms with Crippen LogP contribution in [0.3, 0.4) is 0 Å². The maximum atomic E-state index is 12.5. The molecule has 3 rings (SSSR count). The molecule has 0 fully saturated rings. The van der Waals surface area contributed by atoms with Crippen molar-refractivity contribution in [3.05, 3.63) is 39.6 Å². The second-order valence-electron chi connectivity index (χ2n) is 4.98. The molecular formula is C15H17BrN4O2. The van der Waals surface area contributed by atoms with Gasteiger partial charge in [-0.3, -0.25) is 9.89 Å². The zero-order valence-electron chi connectivity index (χ0n) is 12.2. The van der Waals surface area contributed by atoms with Crippen molar-refractivity contribution in [3.8, 4) is 5.75 Å². The first-order chi connectivity index (χ1) is 10.7. The molecule has 0 bridgehead atoms. The molecule has 116 valence electrons. The molecule has 0 saturated carbocycles. The van der Waals surface area contributed by atoms with E-state index < -0.39 is 0 Å². The van der Waals surface area contributed by atoms with Crippen LogP contribution < -0.4 is 15.4 Å². The van der Waals surface area contributed by atoms with Gasteiger partial charge in [0.1, 0.15) is 5.75 Å². The molecule has 0 atom stereocenters. The van der Waals surface area contributed by atoms with Crippen LogP contribution in [-0.2, 0) is 13.0 Å². The van der Waals surface area contributed by atoms with Gasteiger partial charge in [0.15, 0.2) is 5.69 Å². The predicted molar refractivity (Wildman–Crippen MR) is 87.3 cm³/mol. The third-order valence-corrected chi connectivity index (χ3v) is 4.00. The average Bonchev–Trinajstić information content (AvgIpc) is 2.94. The highest BCUT2D eigenvalue weighted by atomic mass is 79.9. The van der Waals surface area contributed by atoms with E-state index in [0.717, 1.165) is 28.7 Å². The van der Waals surface area contributed by atoms with Gasteiger partial charge >= 0.3 is 0 Å². The van der Waals surface area contributed by atoms with Crippen molar-refractivity contribution in [2.45, 2.75) is 19.9 Å². The van der Waals surface area contributed by atoms with Crippen LogP contribution in [0.5, 0.6) is 5.75 Å². The third kappa shape index (κ3) is 3.00. The van der Waals surface area contributed by atoms with Crippen molar-refractivity contribution < 1.29 is 9.53 Å². The normalized spacial score (nSPS) is 13.5. The highest BCUT2D eigenvalue weighted by Gasteiger charge is 2.22. The number of amides is 1. The van der Waals surface area contributed by atoms with Crippen molar-refractivity contribution in [2.24, 2.45) is 0 Å². The van der Waals surface area contributed by atoms with E-state index >= 15 is 0 Å². The predicted octanol–water partition coefficient (Wildman–Crippen LogP) is 2.47. The molecule has 0 radical (unpaired) electrons. The molecule has 3 N–H and O–H groups in total. The Bertz CT molecular complexity index is 699. The van der Waals surface area contributed by atoms with E-state index in [0.29, 0.717) is 30.3 Å². The number of aromatic nitrogens is 2. The number of halogens is 1. The summed E-state index contributed by atoms with van der Waals surface area (Å²) in [5.74, 6) is 0.404. The van der Waals surface area contributed by atoms with Gasteiger partial charge in [-0.05, 0) is 25.1 Å². The largest absolute Gasteiger partial charge is 0.492 e. The Morgan fingerprint density at radius 1 is 1.50 bits per heavy atom. The SMILES string of the molecule is CCOc1ccc(Br)cc1NC(=O)c1n[nH]c2c1CNCC2. The van der Waals surface area contributed by atoms with Gasteiger partial charge in [0.05, 0.1) is 12.3 Å². The number of aromatic amines is 1. The van der Waals surface area contributed by atoms with E-state index in [9.17, 15) is 4.79 Å². The maximum Gasteiger partial charge on any atom is 0.276 e. The number of carbonyl (C=O) groups excluding carboxylic acids is 1.